The number of hydrogen-bond acceptors (Lipinski definition) is 2. The molecule has 2 nitrogen and oxygen atoms in total. The Kier molecular flexibility index (Phi) is 4.99. The molecule has 0 aliphatic heterocycles. The highest BCUT2D eigenvalue weighted by Crippen LogP contribution is 2.54. The first-order valence-corrected chi connectivity index (χ1v) is 4.22. The standard InChI is InChI=1S/C6F14O2/c7-1(8,3(10,11)12)5(16,17)21-2(9,4(13,14)15)6(18,19)22-20. The number of halogens is 14. The summed E-state index contributed by atoms with van der Waals surface area (Å²) in [5.41, 5.74) is 0. The van der Waals surface area contributed by atoms with E-state index in [4.69, 9.17) is 0 Å². The summed E-state index contributed by atoms with van der Waals surface area (Å²) in [6.45, 7) is 0. The van der Waals surface area contributed by atoms with Crippen LogP contribution < -0.4 is 0 Å². The predicted octanol–water partition coefficient (Wildman–Crippen LogP) is 4.52. The Morgan fingerprint density at radius 3 is 1.09 bits per heavy atom. The van der Waals surface area contributed by atoms with Crippen LogP contribution in [0.1, 0.15) is 0 Å². The van der Waals surface area contributed by atoms with Gasteiger partial charge < -0.3 is 0 Å². The Morgan fingerprint density at radius 1 is 0.500 bits per heavy atom. The molecule has 134 valence electrons. The lowest BCUT2D eigenvalue weighted by Crippen LogP contribution is -2.65. The van der Waals surface area contributed by atoms with Crippen LogP contribution in [0.4, 0.5) is 61.6 Å². The Morgan fingerprint density at radius 2 is 0.864 bits per heavy atom. The first-order chi connectivity index (χ1) is 9.27. The Hall–Kier alpha value is -1.06. The molecule has 0 rings (SSSR count). The number of hydrogen-bond donors (Lipinski definition) is 0. The van der Waals surface area contributed by atoms with Gasteiger partial charge in [-0.15, -0.1) is 4.94 Å². The van der Waals surface area contributed by atoms with Gasteiger partial charge in [0.05, 0.1) is 0 Å². The Labute approximate surface area is 109 Å². The van der Waals surface area contributed by atoms with Gasteiger partial charge in [-0.3, -0.25) is 4.74 Å². The van der Waals surface area contributed by atoms with Crippen LogP contribution >= 0.6 is 0 Å². The lowest BCUT2D eigenvalue weighted by Gasteiger charge is -2.36. The van der Waals surface area contributed by atoms with Crippen molar-refractivity contribution >= 4 is 0 Å². The van der Waals surface area contributed by atoms with Crippen molar-refractivity contribution in [2.75, 3.05) is 0 Å². The van der Waals surface area contributed by atoms with Crippen LogP contribution in [0.15, 0.2) is 0 Å². The second kappa shape index (κ2) is 5.24. The smallest absolute Gasteiger partial charge is 0.262 e. The fourth-order valence-electron chi connectivity index (χ4n) is 0.738. The molecular formula is C6F14O2. The van der Waals surface area contributed by atoms with E-state index in [9.17, 15) is 61.6 Å². The van der Waals surface area contributed by atoms with Crippen molar-refractivity contribution in [3.8, 4) is 0 Å². The largest absolute Gasteiger partial charge is 0.462 e. The molecule has 0 fully saturated rings. The van der Waals surface area contributed by atoms with Crippen LogP contribution in [0.5, 0.6) is 0 Å². The van der Waals surface area contributed by atoms with Crippen LogP contribution in [0.25, 0.3) is 0 Å². The molecule has 0 N–H and O–H groups in total. The summed E-state index contributed by atoms with van der Waals surface area (Å²) < 4.78 is 170. The Bertz CT molecular complexity index is 395. The van der Waals surface area contributed by atoms with E-state index in [1.165, 1.54) is 4.74 Å². The van der Waals surface area contributed by atoms with Gasteiger partial charge in [-0.2, -0.15) is 57.1 Å². The highest BCUT2D eigenvalue weighted by Gasteiger charge is 2.84. The molecule has 0 aromatic carbocycles. The van der Waals surface area contributed by atoms with Gasteiger partial charge in [0.2, 0.25) is 0 Å². The molecule has 0 aromatic heterocycles. The molecule has 0 aromatic rings. The third kappa shape index (κ3) is 3.16. The van der Waals surface area contributed by atoms with Gasteiger partial charge in [-0.05, 0) is 4.53 Å². The highest BCUT2D eigenvalue weighted by atomic mass is 19.4. The first-order valence-electron chi connectivity index (χ1n) is 4.22. The van der Waals surface area contributed by atoms with Gasteiger partial charge in [0.25, 0.3) is 0 Å². The maximum Gasteiger partial charge on any atom is 0.462 e. The zero-order chi connectivity index (χ0) is 18.4. The zero-order valence-corrected chi connectivity index (χ0v) is 9.11. The molecule has 0 spiro atoms. The summed E-state index contributed by atoms with van der Waals surface area (Å²) in [7, 11) is 0. The average Bonchev–Trinajstić information content (AvgIpc) is 2.24. The number of rotatable bonds is 5. The zero-order valence-electron chi connectivity index (χ0n) is 9.11. The third-order valence-electron chi connectivity index (χ3n) is 1.83. The molecule has 16 heteroatoms. The molecule has 1 atom stereocenters. The monoisotopic (exact) mass is 370 g/mol. The van der Waals surface area contributed by atoms with Gasteiger partial charge >= 0.3 is 36.3 Å². The first kappa shape index (κ1) is 20.9. The molecule has 1 unspecified atom stereocenters. The van der Waals surface area contributed by atoms with E-state index in [1.807, 2.05) is 0 Å². The molecule has 0 saturated carbocycles. The van der Waals surface area contributed by atoms with Crippen molar-refractivity contribution in [2.45, 2.75) is 36.3 Å². The second-order valence-corrected chi connectivity index (χ2v) is 3.38. The van der Waals surface area contributed by atoms with Crippen LogP contribution in [0.2, 0.25) is 0 Å². The highest BCUT2D eigenvalue weighted by molar-refractivity contribution is 4.92. The summed E-state index contributed by atoms with van der Waals surface area (Å²) >= 11 is 0. The minimum Gasteiger partial charge on any atom is -0.262 e. The summed E-state index contributed by atoms with van der Waals surface area (Å²) in [5, 5.41) is 0. The van der Waals surface area contributed by atoms with Crippen LogP contribution in [-0.2, 0) is 9.68 Å². The van der Waals surface area contributed by atoms with Gasteiger partial charge in [0.15, 0.2) is 0 Å². The van der Waals surface area contributed by atoms with E-state index >= 15 is 0 Å². The molecule has 0 aliphatic rings. The van der Waals surface area contributed by atoms with Crippen molar-refractivity contribution in [1.29, 1.82) is 0 Å². The molecular weight excluding hydrogens is 370 g/mol. The summed E-state index contributed by atoms with van der Waals surface area (Å²) in [6, 6.07) is 0. The number of ether oxygens (including phenoxy) is 1. The summed E-state index contributed by atoms with van der Waals surface area (Å²) in [4.78, 5) is 1.06. The minimum atomic E-state index is -7.53. The minimum absolute atomic E-state index is 1.06. The van der Waals surface area contributed by atoms with Crippen LogP contribution in [-0.4, -0.2) is 36.3 Å². The van der Waals surface area contributed by atoms with E-state index in [1.54, 1.807) is 0 Å². The van der Waals surface area contributed by atoms with Crippen molar-refractivity contribution < 1.29 is 71.3 Å². The molecule has 0 heterocycles. The van der Waals surface area contributed by atoms with Crippen molar-refractivity contribution in [3.05, 3.63) is 0 Å². The molecule has 22 heavy (non-hydrogen) atoms. The van der Waals surface area contributed by atoms with Crippen molar-refractivity contribution in [3.63, 3.8) is 0 Å². The van der Waals surface area contributed by atoms with E-state index in [-0.39, 0.29) is 0 Å². The lowest BCUT2D eigenvalue weighted by atomic mass is 10.2. The van der Waals surface area contributed by atoms with E-state index in [2.05, 4.69) is 0 Å². The van der Waals surface area contributed by atoms with E-state index < -0.39 is 36.3 Å². The maximum absolute atomic E-state index is 12.8. The van der Waals surface area contributed by atoms with Crippen LogP contribution in [0, 0.1) is 0 Å². The predicted molar refractivity (Wildman–Crippen MR) is 34.1 cm³/mol. The van der Waals surface area contributed by atoms with Crippen molar-refractivity contribution in [1.82, 2.24) is 0 Å². The Balaban J connectivity index is 6.00. The average molecular weight is 370 g/mol. The lowest BCUT2D eigenvalue weighted by molar-refractivity contribution is -0.551. The fourth-order valence-corrected chi connectivity index (χ4v) is 0.738. The maximum atomic E-state index is 12.8. The molecule has 0 saturated heterocycles. The van der Waals surface area contributed by atoms with E-state index in [0.717, 1.165) is 4.94 Å². The third-order valence-corrected chi connectivity index (χ3v) is 1.83. The fraction of sp³-hybridized carbons (Fsp3) is 1.00. The van der Waals surface area contributed by atoms with Gasteiger partial charge in [-0.25, -0.2) is 0 Å². The molecule has 0 aliphatic carbocycles. The SMILES string of the molecule is FOC(F)(F)C(F)(OC(F)(F)C(F)(F)C(F)(F)F)C(F)(F)F. The van der Waals surface area contributed by atoms with Crippen molar-refractivity contribution in [2.24, 2.45) is 0 Å². The molecule has 0 bridgehead atoms. The second-order valence-electron chi connectivity index (χ2n) is 3.38. The summed E-state index contributed by atoms with van der Waals surface area (Å²) in [5.74, 6) is -14.9. The normalized spacial score (nSPS) is 18.3. The summed E-state index contributed by atoms with van der Waals surface area (Å²) in [6.07, 6.45) is -29.3. The molecule has 0 amide bonds. The number of alkyl halides is 13. The van der Waals surface area contributed by atoms with Gasteiger partial charge in [-0.1, -0.05) is 0 Å². The van der Waals surface area contributed by atoms with Crippen LogP contribution in [0.3, 0.4) is 0 Å². The van der Waals surface area contributed by atoms with Gasteiger partial charge in [0.1, 0.15) is 0 Å². The van der Waals surface area contributed by atoms with E-state index in [0.29, 0.717) is 0 Å². The topological polar surface area (TPSA) is 18.5 Å². The molecule has 0 radical (unpaired) electrons. The quantitative estimate of drug-likeness (QED) is 0.663. The van der Waals surface area contributed by atoms with Gasteiger partial charge in [0, 0.05) is 0 Å².